The number of rotatable bonds is 4. The third-order valence-corrected chi connectivity index (χ3v) is 3.50. The van der Waals surface area contributed by atoms with E-state index in [1.165, 1.54) is 0 Å². The van der Waals surface area contributed by atoms with E-state index in [0.717, 1.165) is 19.3 Å². The quantitative estimate of drug-likeness (QED) is 0.767. The Morgan fingerprint density at radius 3 is 2.94 bits per heavy atom. The summed E-state index contributed by atoms with van der Waals surface area (Å²) in [6, 6.07) is 7.12. The van der Waals surface area contributed by atoms with E-state index in [-0.39, 0.29) is 17.5 Å². The van der Waals surface area contributed by atoms with E-state index in [9.17, 15) is 9.59 Å². The summed E-state index contributed by atoms with van der Waals surface area (Å²) in [5, 5.41) is 0. The Labute approximate surface area is 107 Å². The van der Waals surface area contributed by atoms with Crippen molar-refractivity contribution in [1.82, 2.24) is 0 Å². The summed E-state index contributed by atoms with van der Waals surface area (Å²) in [5.41, 5.74) is 0.632. The molecule has 0 unspecified atom stereocenters. The Morgan fingerprint density at radius 1 is 1.39 bits per heavy atom. The maximum absolute atomic E-state index is 12.1. The second-order valence-corrected chi connectivity index (χ2v) is 4.77. The van der Waals surface area contributed by atoms with Crippen LogP contribution in [0.1, 0.15) is 42.5 Å². The van der Waals surface area contributed by atoms with E-state index in [0.29, 0.717) is 24.2 Å². The summed E-state index contributed by atoms with van der Waals surface area (Å²) in [5.74, 6) is 0.889. The molecule has 0 aromatic heterocycles. The van der Waals surface area contributed by atoms with Gasteiger partial charge in [-0.15, -0.1) is 0 Å². The lowest BCUT2D eigenvalue weighted by molar-refractivity contribution is -0.124. The van der Waals surface area contributed by atoms with Crippen molar-refractivity contribution in [2.45, 2.75) is 32.1 Å². The fraction of sp³-hybridized carbons (Fsp3) is 0.467. The maximum Gasteiger partial charge on any atom is 0.163 e. The number of ether oxygens (including phenoxy) is 1. The van der Waals surface area contributed by atoms with Crippen molar-refractivity contribution >= 4 is 11.6 Å². The molecule has 1 aliphatic rings. The normalized spacial score (nSPS) is 19.6. The first kappa shape index (κ1) is 12.8. The smallest absolute Gasteiger partial charge is 0.163 e. The van der Waals surface area contributed by atoms with Crippen LogP contribution in [0.2, 0.25) is 0 Å². The van der Waals surface area contributed by atoms with Gasteiger partial charge in [0.2, 0.25) is 0 Å². The van der Waals surface area contributed by atoms with Gasteiger partial charge in [0.15, 0.2) is 5.78 Å². The highest BCUT2D eigenvalue weighted by atomic mass is 16.5. The molecule has 0 N–H and O–H groups in total. The fourth-order valence-electron chi connectivity index (χ4n) is 2.41. The zero-order chi connectivity index (χ0) is 13.0. The highest BCUT2D eigenvalue weighted by Crippen LogP contribution is 2.25. The molecule has 1 atom stereocenters. The molecule has 0 saturated heterocycles. The highest BCUT2D eigenvalue weighted by Gasteiger charge is 2.25. The Morgan fingerprint density at radius 2 is 2.22 bits per heavy atom. The van der Waals surface area contributed by atoms with Crippen LogP contribution in [0.15, 0.2) is 24.3 Å². The second kappa shape index (κ2) is 5.80. The molecule has 96 valence electrons. The van der Waals surface area contributed by atoms with Crippen LogP contribution in [0, 0.1) is 5.92 Å². The van der Waals surface area contributed by atoms with E-state index < -0.39 is 0 Å². The van der Waals surface area contributed by atoms with Gasteiger partial charge >= 0.3 is 0 Å². The zero-order valence-corrected chi connectivity index (χ0v) is 10.6. The van der Waals surface area contributed by atoms with Crippen molar-refractivity contribution < 1.29 is 14.3 Å². The van der Waals surface area contributed by atoms with Crippen LogP contribution in [0.4, 0.5) is 0 Å². The molecule has 0 bridgehead atoms. The molecule has 0 amide bonds. The van der Waals surface area contributed by atoms with Crippen molar-refractivity contribution in [3.8, 4) is 5.75 Å². The number of carbonyl (C=O) groups excluding carboxylic acids is 2. The molecule has 1 aromatic carbocycles. The van der Waals surface area contributed by atoms with Gasteiger partial charge in [-0.05, 0) is 25.0 Å². The molecule has 0 radical (unpaired) electrons. The van der Waals surface area contributed by atoms with Gasteiger partial charge in [-0.2, -0.15) is 0 Å². The SMILES string of the molecule is COc1cccc(C(=O)C[C@H]2CCCCC2=O)c1. The van der Waals surface area contributed by atoms with Gasteiger partial charge in [-0.3, -0.25) is 9.59 Å². The average molecular weight is 246 g/mol. The summed E-state index contributed by atoms with van der Waals surface area (Å²) in [7, 11) is 1.58. The van der Waals surface area contributed by atoms with Crippen LogP contribution >= 0.6 is 0 Å². The van der Waals surface area contributed by atoms with Crippen molar-refractivity contribution in [3.05, 3.63) is 29.8 Å². The Bertz CT molecular complexity index is 451. The molecule has 1 aliphatic carbocycles. The molecular weight excluding hydrogens is 228 g/mol. The van der Waals surface area contributed by atoms with Crippen molar-refractivity contribution in [2.75, 3.05) is 7.11 Å². The van der Waals surface area contributed by atoms with E-state index in [4.69, 9.17) is 4.74 Å². The molecule has 1 aromatic rings. The van der Waals surface area contributed by atoms with Crippen molar-refractivity contribution in [1.29, 1.82) is 0 Å². The van der Waals surface area contributed by atoms with Gasteiger partial charge < -0.3 is 4.74 Å². The van der Waals surface area contributed by atoms with E-state index >= 15 is 0 Å². The number of hydrogen-bond acceptors (Lipinski definition) is 3. The van der Waals surface area contributed by atoms with Gasteiger partial charge in [0.1, 0.15) is 11.5 Å². The summed E-state index contributed by atoms with van der Waals surface area (Å²) in [6.07, 6.45) is 3.86. The van der Waals surface area contributed by atoms with Gasteiger partial charge in [-0.25, -0.2) is 0 Å². The average Bonchev–Trinajstić information content (AvgIpc) is 2.41. The van der Waals surface area contributed by atoms with Gasteiger partial charge in [-0.1, -0.05) is 18.6 Å². The van der Waals surface area contributed by atoms with E-state index in [1.54, 1.807) is 25.3 Å². The summed E-state index contributed by atoms with van der Waals surface area (Å²) < 4.78 is 5.10. The monoisotopic (exact) mass is 246 g/mol. The molecule has 3 heteroatoms. The molecule has 1 fully saturated rings. The number of Topliss-reactive ketones (excluding diaryl/α,β-unsaturated/α-hetero) is 2. The summed E-state index contributed by atoms with van der Waals surface area (Å²) in [4.78, 5) is 23.8. The van der Waals surface area contributed by atoms with E-state index in [2.05, 4.69) is 0 Å². The molecule has 18 heavy (non-hydrogen) atoms. The summed E-state index contributed by atoms with van der Waals surface area (Å²) in [6.45, 7) is 0. The maximum atomic E-state index is 12.1. The van der Waals surface area contributed by atoms with Crippen molar-refractivity contribution in [2.24, 2.45) is 5.92 Å². The van der Waals surface area contributed by atoms with Crippen LogP contribution in [0.3, 0.4) is 0 Å². The molecule has 2 rings (SSSR count). The lowest BCUT2D eigenvalue weighted by Crippen LogP contribution is -2.22. The molecular formula is C15H18O3. The van der Waals surface area contributed by atoms with Gasteiger partial charge in [0.25, 0.3) is 0 Å². The molecule has 0 spiro atoms. The fourth-order valence-corrected chi connectivity index (χ4v) is 2.41. The first-order valence-electron chi connectivity index (χ1n) is 6.40. The van der Waals surface area contributed by atoms with Crippen LogP contribution < -0.4 is 4.74 Å². The Kier molecular flexibility index (Phi) is 4.13. The number of ketones is 2. The third kappa shape index (κ3) is 2.97. The third-order valence-electron chi connectivity index (χ3n) is 3.50. The van der Waals surface area contributed by atoms with E-state index in [1.807, 2.05) is 6.07 Å². The standard InChI is InChI=1S/C15H18O3/c1-18-13-7-4-6-11(9-13)15(17)10-12-5-2-3-8-14(12)16/h4,6-7,9,12H,2-3,5,8,10H2,1H3/t12-/m1/s1. The Hall–Kier alpha value is -1.64. The molecule has 0 aliphatic heterocycles. The minimum Gasteiger partial charge on any atom is -0.497 e. The highest BCUT2D eigenvalue weighted by molar-refractivity contribution is 5.99. The van der Waals surface area contributed by atoms with Crippen LogP contribution in [0.5, 0.6) is 5.75 Å². The molecule has 1 saturated carbocycles. The molecule has 3 nitrogen and oxygen atoms in total. The first-order valence-corrected chi connectivity index (χ1v) is 6.40. The zero-order valence-electron chi connectivity index (χ0n) is 10.6. The minimum absolute atomic E-state index is 0.0363. The van der Waals surface area contributed by atoms with Gasteiger partial charge in [0, 0.05) is 24.3 Å². The first-order chi connectivity index (χ1) is 8.70. The van der Waals surface area contributed by atoms with Gasteiger partial charge in [0.05, 0.1) is 7.11 Å². The predicted molar refractivity (Wildman–Crippen MR) is 68.9 cm³/mol. The number of hydrogen-bond donors (Lipinski definition) is 0. The minimum atomic E-state index is -0.0718. The number of benzene rings is 1. The Balaban J connectivity index is 2.04. The molecule has 0 heterocycles. The predicted octanol–water partition coefficient (Wildman–Crippen LogP) is 3.03. The number of carbonyl (C=O) groups is 2. The topological polar surface area (TPSA) is 43.4 Å². The lowest BCUT2D eigenvalue weighted by atomic mass is 9.83. The van der Waals surface area contributed by atoms with Crippen LogP contribution in [-0.2, 0) is 4.79 Å². The van der Waals surface area contributed by atoms with Crippen LogP contribution in [-0.4, -0.2) is 18.7 Å². The lowest BCUT2D eigenvalue weighted by Gasteiger charge is -2.19. The number of methoxy groups -OCH3 is 1. The van der Waals surface area contributed by atoms with Crippen molar-refractivity contribution in [3.63, 3.8) is 0 Å². The van der Waals surface area contributed by atoms with Crippen LogP contribution in [0.25, 0.3) is 0 Å². The second-order valence-electron chi connectivity index (χ2n) is 4.77. The largest absolute Gasteiger partial charge is 0.497 e. The summed E-state index contributed by atoms with van der Waals surface area (Å²) >= 11 is 0.